The van der Waals surface area contributed by atoms with Crippen molar-refractivity contribution in [1.82, 2.24) is 4.72 Å². The summed E-state index contributed by atoms with van der Waals surface area (Å²) in [5.74, 6) is -0.311. The van der Waals surface area contributed by atoms with Crippen LogP contribution in [0.4, 0.5) is 5.69 Å². The van der Waals surface area contributed by atoms with Gasteiger partial charge in [0.05, 0.1) is 11.5 Å². The molecule has 1 amide bonds. The molecule has 0 fully saturated rings. The quantitative estimate of drug-likeness (QED) is 0.736. The van der Waals surface area contributed by atoms with Crippen molar-refractivity contribution in [3.8, 4) is 0 Å². The molecule has 1 aromatic rings. The number of amides is 1. The SMILES string of the molecule is CC(=O)Nc1ccc(C)c(S(=O)(=O)NC(CO)C(C)C)c1. The summed E-state index contributed by atoms with van der Waals surface area (Å²) in [4.78, 5) is 11.2. The molecule has 0 aliphatic carbocycles. The van der Waals surface area contributed by atoms with Crippen molar-refractivity contribution in [1.29, 1.82) is 0 Å². The van der Waals surface area contributed by atoms with E-state index in [9.17, 15) is 18.3 Å². The Balaban J connectivity index is 3.15. The number of hydrogen-bond acceptors (Lipinski definition) is 4. The number of aliphatic hydroxyl groups is 1. The topological polar surface area (TPSA) is 95.5 Å². The molecule has 0 saturated carbocycles. The van der Waals surface area contributed by atoms with Crippen LogP contribution in [0.2, 0.25) is 0 Å². The van der Waals surface area contributed by atoms with Gasteiger partial charge in [-0.25, -0.2) is 13.1 Å². The smallest absolute Gasteiger partial charge is 0.241 e. The number of sulfonamides is 1. The number of nitrogens with one attached hydrogen (secondary N) is 2. The Morgan fingerprint density at radius 3 is 2.43 bits per heavy atom. The Hall–Kier alpha value is -1.44. The number of aryl methyl sites for hydroxylation is 1. The van der Waals surface area contributed by atoms with E-state index in [0.717, 1.165) is 0 Å². The van der Waals surface area contributed by atoms with E-state index in [4.69, 9.17) is 0 Å². The molecule has 0 saturated heterocycles. The fraction of sp³-hybridized carbons (Fsp3) is 0.500. The Labute approximate surface area is 125 Å². The second-order valence-corrected chi connectivity index (χ2v) is 7.00. The molecule has 7 heteroatoms. The van der Waals surface area contributed by atoms with Crippen molar-refractivity contribution in [2.24, 2.45) is 5.92 Å². The van der Waals surface area contributed by atoms with Gasteiger partial charge in [0, 0.05) is 18.7 Å². The summed E-state index contributed by atoms with van der Waals surface area (Å²) in [5, 5.41) is 11.8. The third-order valence-electron chi connectivity index (χ3n) is 3.11. The van der Waals surface area contributed by atoms with Crippen LogP contribution in [0.1, 0.15) is 26.3 Å². The molecule has 6 nitrogen and oxygen atoms in total. The van der Waals surface area contributed by atoms with Gasteiger partial charge in [-0.15, -0.1) is 0 Å². The maximum Gasteiger partial charge on any atom is 0.241 e. The number of hydrogen-bond donors (Lipinski definition) is 3. The van der Waals surface area contributed by atoms with E-state index in [2.05, 4.69) is 10.0 Å². The molecule has 0 spiro atoms. The zero-order chi connectivity index (χ0) is 16.2. The van der Waals surface area contributed by atoms with Crippen LogP contribution in [0, 0.1) is 12.8 Å². The normalized spacial score (nSPS) is 13.2. The van der Waals surface area contributed by atoms with Gasteiger partial charge in [0.2, 0.25) is 15.9 Å². The van der Waals surface area contributed by atoms with Gasteiger partial charge in [-0.2, -0.15) is 0 Å². The zero-order valence-corrected chi connectivity index (χ0v) is 13.5. The van der Waals surface area contributed by atoms with E-state index in [1.165, 1.54) is 13.0 Å². The Bertz CT molecular complexity index is 611. The summed E-state index contributed by atoms with van der Waals surface area (Å²) < 4.78 is 27.3. The molecule has 0 bridgehead atoms. The molecule has 3 N–H and O–H groups in total. The first-order chi connectivity index (χ1) is 9.67. The Morgan fingerprint density at radius 2 is 1.95 bits per heavy atom. The highest BCUT2D eigenvalue weighted by atomic mass is 32.2. The van der Waals surface area contributed by atoms with Crippen molar-refractivity contribution in [3.05, 3.63) is 23.8 Å². The molecule has 1 aromatic carbocycles. The third-order valence-corrected chi connectivity index (χ3v) is 4.74. The molecule has 0 aliphatic heterocycles. The lowest BCUT2D eigenvalue weighted by Crippen LogP contribution is -2.41. The van der Waals surface area contributed by atoms with Gasteiger partial charge in [0.25, 0.3) is 0 Å². The molecular formula is C14H22N2O4S. The molecule has 0 aliphatic rings. The van der Waals surface area contributed by atoms with Crippen LogP contribution in [0.15, 0.2) is 23.1 Å². The first kappa shape index (κ1) is 17.6. The molecule has 0 radical (unpaired) electrons. The van der Waals surface area contributed by atoms with Crippen LogP contribution in [0.25, 0.3) is 0 Å². The summed E-state index contributed by atoms with van der Waals surface area (Å²) in [7, 11) is -3.77. The number of carbonyl (C=O) groups is 1. The summed E-state index contributed by atoms with van der Waals surface area (Å²) in [5.41, 5.74) is 0.982. The minimum atomic E-state index is -3.77. The highest BCUT2D eigenvalue weighted by Gasteiger charge is 2.23. The van der Waals surface area contributed by atoms with Gasteiger partial charge in [-0.3, -0.25) is 4.79 Å². The Morgan fingerprint density at radius 1 is 1.33 bits per heavy atom. The van der Waals surface area contributed by atoms with Crippen LogP contribution < -0.4 is 10.0 Å². The molecule has 1 rings (SSSR count). The van der Waals surface area contributed by atoms with Gasteiger partial charge >= 0.3 is 0 Å². The van der Waals surface area contributed by atoms with Crippen molar-refractivity contribution >= 4 is 21.6 Å². The van der Waals surface area contributed by atoms with Crippen LogP contribution in [0.5, 0.6) is 0 Å². The molecule has 0 heterocycles. The zero-order valence-electron chi connectivity index (χ0n) is 12.7. The molecule has 0 aromatic heterocycles. The fourth-order valence-electron chi connectivity index (χ4n) is 1.82. The lowest BCUT2D eigenvalue weighted by atomic mass is 10.1. The van der Waals surface area contributed by atoms with Crippen LogP contribution >= 0.6 is 0 Å². The standard InChI is InChI=1S/C14H22N2O4S/c1-9(2)13(8-17)16-21(19,20)14-7-12(15-11(4)18)6-5-10(14)3/h5-7,9,13,16-17H,8H2,1-4H3,(H,15,18). The number of rotatable bonds is 6. The largest absolute Gasteiger partial charge is 0.395 e. The maximum absolute atomic E-state index is 12.4. The monoisotopic (exact) mass is 314 g/mol. The first-order valence-corrected chi connectivity index (χ1v) is 8.17. The van der Waals surface area contributed by atoms with Crippen molar-refractivity contribution < 1.29 is 18.3 Å². The van der Waals surface area contributed by atoms with E-state index < -0.39 is 16.1 Å². The van der Waals surface area contributed by atoms with Crippen molar-refractivity contribution in [2.75, 3.05) is 11.9 Å². The van der Waals surface area contributed by atoms with Gasteiger partial charge in [-0.1, -0.05) is 19.9 Å². The van der Waals surface area contributed by atoms with Gasteiger partial charge in [-0.05, 0) is 30.5 Å². The number of benzene rings is 1. The summed E-state index contributed by atoms with van der Waals surface area (Å²) in [6.07, 6.45) is 0. The molecule has 1 atom stereocenters. The Kier molecular flexibility index (Phi) is 5.88. The molecule has 21 heavy (non-hydrogen) atoms. The summed E-state index contributed by atoms with van der Waals surface area (Å²) in [6.45, 7) is 6.40. The van der Waals surface area contributed by atoms with Crippen LogP contribution in [-0.2, 0) is 14.8 Å². The maximum atomic E-state index is 12.4. The third kappa shape index (κ3) is 4.80. The summed E-state index contributed by atoms with van der Waals surface area (Å²) in [6, 6.07) is 4.12. The van der Waals surface area contributed by atoms with E-state index in [1.54, 1.807) is 19.1 Å². The fourth-order valence-corrected chi connectivity index (χ4v) is 3.46. The lowest BCUT2D eigenvalue weighted by molar-refractivity contribution is -0.114. The molecule has 1 unspecified atom stereocenters. The summed E-state index contributed by atoms with van der Waals surface area (Å²) >= 11 is 0. The van der Waals surface area contributed by atoms with Gasteiger partial charge in [0.15, 0.2) is 0 Å². The average molecular weight is 314 g/mol. The van der Waals surface area contributed by atoms with Crippen molar-refractivity contribution in [3.63, 3.8) is 0 Å². The number of carbonyl (C=O) groups excluding carboxylic acids is 1. The minimum absolute atomic E-state index is 0.0383. The van der Waals surface area contributed by atoms with E-state index in [-0.39, 0.29) is 23.3 Å². The van der Waals surface area contributed by atoms with Crippen LogP contribution in [-0.4, -0.2) is 32.1 Å². The van der Waals surface area contributed by atoms with Crippen LogP contribution in [0.3, 0.4) is 0 Å². The highest BCUT2D eigenvalue weighted by molar-refractivity contribution is 7.89. The lowest BCUT2D eigenvalue weighted by Gasteiger charge is -2.20. The predicted octanol–water partition coefficient (Wildman–Crippen LogP) is 1.25. The average Bonchev–Trinajstić information content (AvgIpc) is 2.37. The van der Waals surface area contributed by atoms with Crippen molar-refractivity contribution in [2.45, 2.75) is 38.6 Å². The number of aliphatic hydroxyl groups excluding tert-OH is 1. The minimum Gasteiger partial charge on any atom is -0.395 e. The second kappa shape index (κ2) is 7.02. The van der Waals surface area contributed by atoms with E-state index >= 15 is 0 Å². The molecule has 118 valence electrons. The van der Waals surface area contributed by atoms with Gasteiger partial charge < -0.3 is 10.4 Å². The van der Waals surface area contributed by atoms with Gasteiger partial charge in [0.1, 0.15) is 0 Å². The highest BCUT2D eigenvalue weighted by Crippen LogP contribution is 2.21. The van der Waals surface area contributed by atoms with E-state index in [0.29, 0.717) is 11.3 Å². The first-order valence-electron chi connectivity index (χ1n) is 6.68. The number of anilines is 1. The molecular weight excluding hydrogens is 292 g/mol. The second-order valence-electron chi connectivity index (χ2n) is 5.32. The van der Waals surface area contributed by atoms with E-state index in [1.807, 2.05) is 13.8 Å². The predicted molar refractivity (Wildman–Crippen MR) is 81.5 cm³/mol.